The molecule has 0 atom stereocenters. The van der Waals surface area contributed by atoms with Gasteiger partial charge >= 0.3 is 0 Å². The maximum absolute atomic E-state index is 12.9. The molecule has 3 N–H and O–H groups in total. The van der Waals surface area contributed by atoms with Crippen LogP contribution in [0.5, 0.6) is 0 Å². The van der Waals surface area contributed by atoms with Crippen LogP contribution in [0.15, 0.2) is 66.7 Å². The van der Waals surface area contributed by atoms with Gasteiger partial charge in [0.25, 0.3) is 11.8 Å². The fraction of sp³-hybridized carbons (Fsp3) is 0.192. The molecule has 35 heavy (non-hydrogen) atoms. The van der Waals surface area contributed by atoms with Gasteiger partial charge in [0.2, 0.25) is 5.82 Å². The summed E-state index contributed by atoms with van der Waals surface area (Å²) in [5, 5.41) is 19.7. The van der Waals surface area contributed by atoms with Gasteiger partial charge in [-0.15, -0.1) is 10.2 Å². The van der Waals surface area contributed by atoms with E-state index in [-0.39, 0.29) is 18.4 Å². The fourth-order valence-corrected chi connectivity index (χ4v) is 4.17. The number of likely N-dealkylation sites (N-methyl/N-ethyl adjacent to an activating group) is 1. The summed E-state index contributed by atoms with van der Waals surface area (Å²) in [5.41, 5.74) is 5.90. The van der Waals surface area contributed by atoms with Crippen molar-refractivity contribution in [1.29, 1.82) is 0 Å². The lowest BCUT2D eigenvalue weighted by Gasteiger charge is -2.25. The van der Waals surface area contributed by atoms with Gasteiger partial charge in [-0.2, -0.15) is 5.21 Å². The molecule has 9 nitrogen and oxygen atoms in total. The number of anilines is 1. The Bertz CT molecular complexity index is 1370. The minimum Gasteiger partial charge on any atom is -0.348 e. The molecule has 0 spiro atoms. The van der Waals surface area contributed by atoms with Crippen molar-refractivity contribution in [2.45, 2.75) is 19.5 Å². The van der Waals surface area contributed by atoms with E-state index >= 15 is 0 Å². The van der Waals surface area contributed by atoms with Gasteiger partial charge in [0.05, 0.1) is 0 Å². The van der Waals surface area contributed by atoms with Gasteiger partial charge in [0.1, 0.15) is 0 Å². The van der Waals surface area contributed by atoms with E-state index in [0.29, 0.717) is 22.5 Å². The number of carbonyl (C=O) groups is 2. The summed E-state index contributed by atoms with van der Waals surface area (Å²) >= 11 is 0. The molecule has 0 saturated heterocycles. The van der Waals surface area contributed by atoms with Gasteiger partial charge in [-0.05, 0) is 71.8 Å². The Balaban J connectivity index is 1.22. The predicted molar refractivity (Wildman–Crippen MR) is 132 cm³/mol. The van der Waals surface area contributed by atoms with Crippen molar-refractivity contribution in [1.82, 2.24) is 30.8 Å². The molecule has 1 aliphatic heterocycles. The van der Waals surface area contributed by atoms with Crippen LogP contribution in [0.25, 0.3) is 11.4 Å². The molecular weight excluding hydrogens is 442 g/mol. The highest BCUT2D eigenvalue weighted by Crippen LogP contribution is 2.22. The monoisotopic (exact) mass is 467 g/mol. The van der Waals surface area contributed by atoms with Gasteiger partial charge in [0, 0.05) is 42.0 Å². The number of benzene rings is 3. The molecule has 0 fully saturated rings. The molecule has 4 aromatic rings. The van der Waals surface area contributed by atoms with Crippen LogP contribution in [0.1, 0.15) is 37.4 Å². The van der Waals surface area contributed by atoms with Gasteiger partial charge in [-0.25, -0.2) is 0 Å². The van der Waals surface area contributed by atoms with Crippen molar-refractivity contribution >= 4 is 17.5 Å². The third-order valence-corrected chi connectivity index (χ3v) is 6.04. The van der Waals surface area contributed by atoms with Crippen molar-refractivity contribution in [2.24, 2.45) is 0 Å². The molecule has 9 heteroatoms. The van der Waals surface area contributed by atoms with E-state index in [0.717, 1.165) is 30.8 Å². The zero-order valence-corrected chi connectivity index (χ0v) is 19.3. The number of nitrogens with one attached hydrogen (secondary N) is 3. The maximum Gasteiger partial charge on any atom is 0.255 e. The first-order valence-corrected chi connectivity index (χ1v) is 11.4. The molecule has 2 amide bonds. The van der Waals surface area contributed by atoms with Crippen molar-refractivity contribution in [3.63, 3.8) is 0 Å². The number of tetrazole rings is 1. The van der Waals surface area contributed by atoms with Gasteiger partial charge < -0.3 is 15.5 Å². The van der Waals surface area contributed by atoms with Crippen molar-refractivity contribution < 1.29 is 9.59 Å². The average Bonchev–Trinajstić information content (AvgIpc) is 3.42. The van der Waals surface area contributed by atoms with E-state index in [1.165, 1.54) is 11.1 Å². The Labute approximate surface area is 202 Å². The second-order valence-corrected chi connectivity index (χ2v) is 8.62. The Morgan fingerprint density at radius 2 is 1.80 bits per heavy atom. The Hall–Kier alpha value is -4.37. The molecule has 0 aliphatic carbocycles. The summed E-state index contributed by atoms with van der Waals surface area (Å²) < 4.78 is 0. The largest absolute Gasteiger partial charge is 0.348 e. The molecule has 0 radical (unpaired) electrons. The van der Waals surface area contributed by atoms with E-state index < -0.39 is 0 Å². The van der Waals surface area contributed by atoms with Crippen LogP contribution >= 0.6 is 0 Å². The highest BCUT2D eigenvalue weighted by Gasteiger charge is 2.15. The lowest BCUT2D eigenvalue weighted by Crippen LogP contribution is -2.26. The van der Waals surface area contributed by atoms with E-state index in [4.69, 9.17) is 0 Å². The van der Waals surface area contributed by atoms with Crippen LogP contribution in [0.3, 0.4) is 0 Å². The maximum atomic E-state index is 12.9. The zero-order chi connectivity index (χ0) is 24.2. The lowest BCUT2D eigenvalue weighted by atomic mass is 9.99. The van der Waals surface area contributed by atoms with Crippen LogP contribution in [-0.4, -0.2) is 50.9 Å². The molecule has 0 bridgehead atoms. The topological polar surface area (TPSA) is 116 Å². The van der Waals surface area contributed by atoms with Crippen molar-refractivity contribution in [3.05, 3.63) is 94.5 Å². The third-order valence-electron chi connectivity index (χ3n) is 6.04. The summed E-state index contributed by atoms with van der Waals surface area (Å²) in [4.78, 5) is 27.8. The first kappa shape index (κ1) is 22.4. The first-order chi connectivity index (χ1) is 17.0. The number of aromatic nitrogens is 4. The Morgan fingerprint density at radius 3 is 2.63 bits per heavy atom. The van der Waals surface area contributed by atoms with E-state index in [1.807, 2.05) is 24.3 Å². The van der Waals surface area contributed by atoms with E-state index in [1.54, 1.807) is 30.3 Å². The second-order valence-electron chi connectivity index (χ2n) is 8.62. The molecular formula is C26H25N7O2. The molecule has 1 aliphatic rings. The van der Waals surface area contributed by atoms with Crippen LogP contribution in [0.2, 0.25) is 0 Å². The Morgan fingerprint density at radius 1 is 0.971 bits per heavy atom. The zero-order valence-electron chi connectivity index (χ0n) is 19.3. The van der Waals surface area contributed by atoms with Gasteiger partial charge in [0.15, 0.2) is 0 Å². The molecule has 0 unspecified atom stereocenters. The summed E-state index contributed by atoms with van der Waals surface area (Å²) in [6.07, 6.45) is 1.02. The second kappa shape index (κ2) is 9.86. The average molecular weight is 468 g/mol. The van der Waals surface area contributed by atoms with E-state index in [9.17, 15) is 9.59 Å². The van der Waals surface area contributed by atoms with Crippen LogP contribution < -0.4 is 10.6 Å². The normalized spacial score (nSPS) is 13.2. The molecule has 2 heterocycles. The first-order valence-electron chi connectivity index (χ1n) is 11.4. The number of fused-ring (bicyclic) bond motifs is 1. The minimum absolute atomic E-state index is 0.185. The predicted octanol–water partition coefficient (Wildman–Crippen LogP) is 3.04. The number of rotatable bonds is 6. The number of hydrogen-bond donors (Lipinski definition) is 3. The number of aromatic amines is 1. The molecule has 1 aromatic heterocycles. The fourth-order valence-electron chi connectivity index (χ4n) is 4.17. The molecule has 0 saturated carbocycles. The third kappa shape index (κ3) is 5.25. The number of nitrogens with zero attached hydrogens (tertiary/aromatic N) is 4. The van der Waals surface area contributed by atoms with Gasteiger partial charge in [-0.3, -0.25) is 9.59 Å². The molecule has 5 rings (SSSR count). The summed E-state index contributed by atoms with van der Waals surface area (Å²) in [5.74, 6) is 0.00337. The summed E-state index contributed by atoms with van der Waals surface area (Å²) in [7, 11) is 2.10. The summed E-state index contributed by atoms with van der Waals surface area (Å²) in [6.45, 7) is 2.22. The van der Waals surface area contributed by atoms with Crippen molar-refractivity contribution in [3.8, 4) is 11.4 Å². The smallest absolute Gasteiger partial charge is 0.255 e. The number of H-pyrrole nitrogens is 1. The summed E-state index contributed by atoms with van der Waals surface area (Å²) in [6, 6.07) is 20.4. The molecule has 3 aromatic carbocycles. The Kier molecular flexibility index (Phi) is 6.32. The highest BCUT2D eigenvalue weighted by atomic mass is 16.2. The SMILES string of the molecule is CN1CCc2ccc(NC(=O)c3cccc(CNC(=O)c4cccc(-c5nn[nH]n5)c4)c3)cc2C1. The van der Waals surface area contributed by atoms with Gasteiger partial charge in [-0.1, -0.05) is 30.3 Å². The van der Waals surface area contributed by atoms with E-state index in [2.05, 4.69) is 55.3 Å². The quantitative estimate of drug-likeness (QED) is 0.401. The van der Waals surface area contributed by atoms with Crippen LogP contribution in [0, 0.1) is 0 Å². The van der Waals surface area contributed by atoms with Crippen molar-refractivity contribution in [2.75, 3.05) is 18.9 Å². The van der Waals surface area contributed by atoms with Crippen LogP contribution in [0.4, 0.5) is 5.69 Å². The minimum atomic E-state index is -0.232. The number of carbonyl (C=O) groups excluding carboxylic acids is 2. The standard InChI is InChI=1S/C26H25N7O2/c1-33-11-10-18-8-9-23(14-22(18)16-33)28-26(35)20-6-2-4-17(12-20)15-27-25(34)21-7-3-5-19(13-21)24-29-31-32-30-24/h2-9,12-14H,10-11,15-16H2,1H3,(H,27,34)(H,28,35)(H,29,30,31,32). The lowest BCUT2D eigenvalue weighted by molar-refractivity contribution is 0.0950. The molecule has 176 valence electrons. The number of amides is 2. The highest BCUT2D eigenvalue weighted by molar-refractivity contribution is 6.04. The number of hydrogen-bond acceptors (Lipinski definition) is 6. The van der Waals surface area contributed by atoms with Crippen LogP contribution in [-0.2, 0) is 19.5 Å².